The minimum atomic E-state index is -0.437. The number of fused-ring (bicyclic) bond motifs is 1. The van der Waals surface area contributed by atoms with Crippen molar-refractivity contribution < 1.29 is 14.3 Å². The number of likely N-dealkylation sites (tertiary alicyclic amines) is 1. The first-order chi connectivity index (χ1) is 19.7. The average Bonchev–Trinajstić information content (AvgIpc) is 3.51. The number of hydrogen-bond acceptors (Lipinski definition) is 5. The fourth-order valence-electron chi connectivity index (χ4n) is 6.25. The summed E-state index contributed by atoms with van der Waals surface area (Å²) in [5, 5.41) is 0. The highest BCUT2D eigenvalue weighted by molar-refractivity contribution is 5.96. The number of nitrogens with two attached hydrogens (primary N) is 1. The smallest absolute Gasteiger partial charge is 0.345 e. The van der Waals surface area contributed by atoms with Gasteiger partial charge in [0.1, 0.15) is 18.1 Å². The van der Waals surface area contributed by atoms with Gasteiger partial charge in [-0.05, 0) is 103 Å². The van der Waals surface area contributed by atoms with Gasteiger partial charge in [0.05, 0.1) is 5.56 Å². The fraction of sp³-hybridized carbons (Fsp3) is 0.286. The van der Waals surface area contributed by atoms with E-state index in [1.807, 2.05) is 18.2 Å². The quantitative estimate of drug-likeness (QED) is 0.153. The molecule has 204 valence electrons. The third-order valence-electron chi connectivity index (χ3n) is 8.31. The number of esters is 1. The molecule has 1 fully saturated rings. The molecule has 4 aromatic carbocycles. The molecule has 5 heteroatoms. The van der Waals surface area contributed by atoms with Gasteiger partial charge in [-0.15, -0.1) is 0 Å². The van der Waals surface area contributed by atoms with E-state index in [1.165, 1.54) is 48.2 Å². The zero-order valence-corrected chi connectivity index (χ0v) is 22.8. The monoisotopic (exact) mass is 532 g/mol. The van der Waals surface area contributed by atoms with Crippen molar-refractivity contribution in [2.24, 2.45) is 0 Å². The van der Waals surface area contributed by atoms with Crippen LogP contribution in [0.4, 0.5) is 5.69 Å². The minimum absolute atomic E-state index is 0.194. The Bertz CT molecular complexity index is 1450. The molecular weight excluding hydrogens is 496 g/mol. The second-order valence-corrected chi connectivity index (χ2v) is 10.8. The lowest BCUT2D eigenvalue weighted by atomic mass is 9.69. The molecule has 0 unspecified atom stereocenters. The van der Waals surface area contributed by atoms with Crippen LogP contribution < -0.4 is 15.2 Å². The molecule has 40 heavy (non-hydrogen) atoms. The van der Waals surface area contributed by atoms with E-state index in [0.717, 1.165) is 25.1 Å². The average molecular weight is 533 g/mol. The number of rotatable bonds is 8. The van der Waals surface area contributed by atoms with Crippen LogP contribution in [0.2, 0.25) is 0 Å². The first-order valence-corrected chi connectivity index (χ1v) is 14.4. The number of ether oxygens (including phenoxy) is 2. The Morgan fingerprint density at radius 3 is 2.33 bits per heavy atom. The molecule has 2 aliphatic rings. The van der Waals surface area contributed by atoms with Crippen molar-refractivity contribution in [2.45, 2.75) is 37.5 Å². The van der Waals surface area contributed by atoms with Crippen molar-refractivity contribution in [3.63, 3.8) is 0 Å². The second-order valence-electron chi connectivity index (χ2n) is 10.8. The number of hydrogen-bond donors (Lipinski definition) is 1. The van der Waals surface area contributed by atoms with Gasteiger partial charge in [0, 0.05) is 18.2 Å². The number of carbonyl (C=O) groups is 1. The van der Waals surface area contributed by atoms with Gasteiger partial charge in [-0.25, -0.2) is 4.79 Å². The van der Waals surface area contributed by atoms with Crippen LogP contribution in [-0.4, -0.2) is 37.1 Å². The molecule has 1 aliphatic heterocycles. The third kappa shape index (κ3) is 5.75. The SMILES string of the molecule is Nc1ccccc1C(=O)Oc1ccc2c(c1)CC[C@H](c1ccccc1)[C@@H]2c1ccc(OCCN2CCCC2)cc1. The molecule has 2 N–H and O–H groups in total. The normalized spacial score (nSPS) is 18.7. The van der Waals surface area contributed by atoms with Crippen LogP contribution in [0.5, 0.6) is 11.5 Å². The summed E-state index contributed by atoms with van der Waals surface area (Å²) in [4.78, 5) is 15.3. The van der Waals surface area contributed by atoms with Gasteiger partial charge in [-0.3, -0.25) is 4.90 Å². The van der Waals surface area contributed by atoms with Crippen LogP contribution in [-0.2, 0) is 6.42 Å². The van der Waals surface area contributed by atoms with Crippen LogP contribution in [0.1, 0.15) is 63.7 Å². The van der Waals surface area contributed by atoms with Crippen molar-refractivity contribution in [1.82, 2.24) is 4.90 Å². The van der Waals surface area contributed by atoms with Gasteiger partial charge in [0.2, 0.25) is 0 Å². The fourth-order valence-corrected chi connectivity index (χ4v) is 6.25. The molecule has 0 spiro atoms. The van der Waals surface area contributed by atoms with E-state index in [4.69, 9.17) is 15.2 Å². The van der Waals surface area contributed by atoms with Crippen LogP contribution in [0.3, 0.4) is 0 Å². The summed E-state index contributed by atoms with van der Waals surface area (Å²) in [6.45, 7) is 4.07. The molecule has 0 aromatic heterocycles. The van der Waals surface area contributed by atoms with Gasteiger partial charge >= 0.3 is 5.97 Å². The second kappa shape index (κ2) is 12.0. The van der Waals surface area contributed by atoms with Gasteiger partial charge in [0.15, 0.2) is 0 Å². The molecule has 1 aliphatic carbocycles. The number of benzene rings is 4. The van der Waals surface area contributed by atoms with Crippen molar-refractivity contribution in [3.8, 4) is 11.5 Å². The zero-order valence-electron chi connectivity index (χ0n) is 22.8. The summed E-state index contributed by atoms with van der Waals surface area (Å²) >= 11 is 0. The lowest BCUT2D eigenvalue weighted by molar-refractivity contribution is 0.0735. The summed E-state index contributed by atoms with van der Waals surface area (Å²) < 4.78 is 11.8. The molecule has 0 radical (unpaired) electrons. The van der Waals surface area contributed by atoms with E-state index < -0.39 is 5.97 Å². The molecule has 0 bridgehead atoms. The van der Waals surface area contributed by atoms with E-state index in [2.05, 4.69) is 65.6 Å². The highest BCUT2D eigenvalue weighted by atomic mass is 16.5. The van der Waals surface area contributed by atoms with Crippen LogP contribution >= 0.6 is 0 Å². The molecule has 2 atom stereocenters. The van der Waals surface area contributed by atoms with Crippen molar-refractivity contribution >= 4 is 11.7 Å². The predicted octanol–water partition coefficient (Wildman–Crippen LogP) is 6.82. The molecule has 0 amide bonds. The summed E-state index contributed by atoms with van der Waals surface area (Å²) in [6, 6.07) is 32.5. The topological polar surface area (TPSA) is 64.8 Å². The molecular formula is C35H36N2O3. The summed E-state index contributed by atoms with van der Waals surface area (Å²) in [6.07, 6.45) is 4.53. The Labute approximate surface area is 236 Å². The minimum Gasteiger partial charge on any atom is -0.492 e. The lowest BCUT2D eigenvalue weighted by Gasteiger charge is -2.35. The van der Waals surface area contributed by atoms with Crippen molar-refractivity contribution in [3.05, 3.63) is 125 Å². The first-order valence-electron chi connectivity index (χ1n) is 14.4. The van der Waals surface area contributed by atoms with Gasteiger partial charge in [-0.2, -0.15) is 0 Å². The molecule has 1 heterocycles. The highest BCUT2D eigenvalue weighted by Crippen LogP contribution is 2.47. The Kier molecular flexibility index (Phi) is 7.83. The van der Waals surface area contributed by atoms with Crippen molar-refractivity contribution in [1.29, 1.82) is 0 Å². The standard InChI is InChI=1S/C35H36N2O3/c36-33-11-5-4-10-32(33)35(38)40-29-17-19-31-27(24-29)14-18-30(25-8-2-1-3-9-25)34(31)26-12-15-28(16-13-26)39-23-22-37-20-6-7-21-37/h1-5,8-13,15-17,19,24,30,34H,6-7,14,18,20-23,36H2/t30-,34+/m1/s1. The number of nitrogen functional groups attached to an aromatic ring is 1. The predicted molar refractivity (Wildman–Crippen MR) is 159 cm³/mol. The maximum atomic E-state index is 12.8. The summed E-state index contributed by atoms with van der Waals surface area (Å²) in [7, 11) is 0. The highest BCUT2D eigenvalue weighted by Gasteiger charge is 2.32. The molecule has 1 saturated heterocycles. The van der Waals surface area contributed by atoms with E-state index in [1.54, 1.807) is 18.2 Å². The van der Waals surface area contributed by atoms with E-state index >= 15 is 0 Å². The Balaban J connectivity index is 1.24. The maximum absolute atomic E-state index is 12.8. The van der Waals surface area contributed by atoms with E-state index in [9.17, 15) is 4.79 Å². The molecule has 5 nitrogen and oxygen atoms in total. The summed E-state index contributed by atoms with van der Waals surface area (Å²) in [5.41, 5.74) is 11.9. The summed E-state index contributed by atoms with van der Waals surface area (Å²) in [5.74, 6) is 1.57. The Hall–Kier alpha value is -4.09. The van der Waals surface area contributed by atoms with Gasteiger partial charge < -0.3 is 15.2 Å². The molecule has 4 aromatic rings. The Morgan fingerprint density at radius 2 is 1.55 bits per heavy atom. The zero-order chi connectivity index (χ0) is 27.3. The molecule has 6 rings (SSSR count). The number of anilines is 1. The largest absolute Gasteiger partial charge is 0.492 e. The number of nitrogens with zero attached hydrogens (tertiary/aromatic N) is 1. The van der Waals surface area contributed by atoms with E-state index in [-0.39, 0.29) is 5.92 Å². The lowest BCUT2D eigenvalue weighted by Crippen LogP contribution is -2.25. The Morgan fingerprint density at radius 1 is 0.825 bits per heavy atom. The first kappa shape index (κ1) is 26.1. The third-order valence-corrected chi connectivity index (χ3v) is 8.31. The maximum Gasteiger partial charge on any atom is 0.345 e. The number of carbonyl (C=O) groups excluding carboxylic acids is 1. The van der Waals surface area contributed by atoms with Crippen LogP contribution in [0.15, 0.2) is 97.1 Å². The van der Waals surface area contributed by atoms with Gasteiger partial charge in [0.25, 0.3) is 0 Å². The van der Waals surface area contributed by atoms with Crippen LogP contribution in [0.25, 0.3) is 0 Å². The molecule has 0 saturated carbocycles. The van der Waals surface area contributed by atoms with Crippen LogP contribution in [0, 0.1) is 0 Å². The van der Waals surface area contributed by atoms with Crippen molar-refractivity contribution in [2.75, 3.05) is 32.0 Å². The van der Waals surface area contributed by atoms with E-state index in [0.29, 0.717) is 29.5 Å². The number of para-hydroxylation sites is 1. The van der Waals surface area contributed by atoms with Gasteiger partial charge in [-0.1, -0.05) is 60.7 Å². The number of aryl methyl sites for hydroxylation is 1.